The van der Waals surface area contributed by atoms with Crippen LogP contribution in [0.25, 0.3) is 22.2 Å². The molecule has 0 radical (unpaired) electrons. The molecule has 1 aromatic carbocycles. The molecule has 3 N–H and O–H groups in total. The van der Waals surface area contributed by atoms with Crippen LogP contribution in [0.3, 0.4) is 0 Å². The highest BCUT2D eigenvalue weighted by molar-refractivity contribution is 6.37. The predicted octanol–water partition coefficient (Wildman–Crippen LogP) is 4.92. The molecule has 1 atom stereocenters. The van der Waals surface area contributed by atoms with Crippen LogP contribution in [0.1, 0.15) is 76.6 Å². The number of hydrogen-bond acceptors (Lipinski definition) is 10. The summed E-state index contributed by atoms with van der Waals surface area (Å²) in [5, 5.41) is 23.3. The second-order valence-electron chi connectivity index (χ2n) is 12.1. The number of aliphatic hydroxyl groups is 1. The van der Waals surface area contributed by atoms with E-state index >= 15 is 0 Å². The van der Waals surface area contributed by atoms with Crippen LogP contribution in [0.5, 0.6) is 5.75 Å². The van der Waals surface area contributed by atoms with E-state index in [1.807, 2.05) is 57.2 Å². The Morgan fingerprint density at radius 3 is 2.64 bits per heavy atom. The summed E-state index contributed by atoms with van der Waals surface area (Å²) >= 11 is 0. The summed E-state index contributed by atoms with van der Waals surface area (Å²) in [6, 6.07) is 7.17. The van der Waals surface area contributed by atoms with Crippen molar-refractivity contribution in [3.63, 3.8) is 0 Å². The van der Waals surface area contributed by atoms with Gasteiger partial charge in [0.05, 0.1) is 35.7 Å². The van der Waals surface area contributed by atoms with Gasteiger partial charge < -0.3 is 29.4 Å². The van der Waals surface area contributed by atoms with Crippen LogP contribution < -0.4 is 15.0 Å². The molecule has 3 heterocycles. The van der Waals surface area contributed by atoms with Gasteiger partial charge >= 0.3 is 0 Å². The number of ketones is 1. The number of methoxy groups -OCH3 is 1. The zero-order valence-electron chi connectivity index (χ0n) is 26.6. The van der Waals surface area contributed by atoms with E-state index in [1.54, 1.807) is 13.3 Å². The minimum Gasteiger partial charge on any atom is -0.496 e. The molecule has 0 saturated carbocycles. The van der Waals surface area contributed by atoms with Gasteiger partial charge in [0.15, 0.2) is 5.76 Å². The Balaban J connectivity index is 1.53. The molecule has 3 aromatic rings. The maximum atomic E-state index is 13.2. The normalized spacial score (nSPS) is 15.6. The molecular formula is C33H46N6O5. The van der Waals surface area contributed by atoms with Gasteiger partial charge in [-0.15, -0.1) is 0 Å². The number of carbonyl (C=O) groups excluding carboxylic acids is 2. The zero-order valence-corrected chi connectivity index (χ0v) is 26.6. The molecule has 0 aliphatic carbocycles. The molecule has 4 rings (SSSR count). The molecular weight excluding hydrogens is 560 g/mol. The van der Waals surface area contributed by atoms with E-state index in [1.165, 1.54) is 0 Å². The summed E-state index contributed by atoms with van der Waals surface area (Å²) in [5.41, 5.74) is 0.266. The van der Waals surface area contributed by atoms with Crippen LogP contribution >= 0.6 is 0 Å². The van der Waals surface area contributed by atoms with Crippen molar-refractivity contribution >= 4 is 34.1 Å². The van der Waals surface area contributed by atoms with Crippen molar-refractivity contribution < 1.29 is 23.8 Å². The fourth-order valence-electron chi connectivity index (χ4n) is 5.47. The van der Waals surface area contributed by atoms with Gasteiger partial charge in [-0.2, -0.15) is 0 Å². The summed E-state index contributed by atoms with van der Waals surface area (Å²) < 4.78 is 11.9. The van der Waals surface area contributed by atoms with Gasteiger partial charge in [-0.1, -0.05) is 19.8 Å². The second kappa shape index (κ2) is 14.8. The lowest BCUT2D eigenvalue weighted by molar-refractivity contribution is -0.119. The molecule has 238 valence electrons. The lowest BCUT2D eigenvalue weighted by atomic mass is 9.86. The van der Waals surface area contributed by atoms with Crippen molar-refractivity contribution in [1.29, 1.82) is 5.41 Å². The van der Waals surface area contributed by atoms with Crippen molar-refractivity contribution in [2.75, 3.05) is 46.2 Å². The average Bonchev–Trinajstić information content (AvgIpc) is 3.50. The third-order valence-electron chi connectivity index (χ3n) is 8.39. The summed E-state index contributed by atoms with van der Waals surface area (Å²) in [5.74, 6) is 1.92. The third kappa shape index (κ3) is 8.41. The Morgan fingerprint density at radius 2 is 1.95 bits per heavy atom. The molecule has 1 amide bonds. The quantitative estimate of drug-likeness (QED) is 0.162. The third-order valence-corrected chi connectivity index (χ3v) is 8.39. The maximum absolute atomic E-state index is 13.2. The van der Waals surface area contributed by atoms with Crippen LogP contribution in [0, 0.1) is 5.41 Å². The van der Waals surface area contributed by atoms with Crippen molar-refractivity contribution in [3.8, 4) is 17.1 Å². The number of nitrogens with one attached hydrogen (secondary N) is 2. The first-order valence-electron chi connectivity index (χ1n) is 15.4. The molecule has 0 bridgehead atoms. The van der Waals surface area contributed by atoms with Gasteiger partial charge in [0.1, 0.15) is 23.4 Å². The Bertz CT molecular complexity index is 1460. The number of Topliss-reactive ketones (excluding diaryl/α,β-unsaturated/α-hetero) is 1. The van der Waals surface area contributed by atoms with Crippen molar-refractivity contribution in [1.82, 2.24) is 20.2 Å². The smallest absolute Gasteiger partial charge is 0.265 e. The highest BCUT2D eigenvalue weighted by Crippen LogP contribution is 2.36. The first-order chi connectivity index (χ1) is 21.0. The molecule has 1 aliphatic heterocycles. The number of pyridine rings is 1. The van der Waals surface area contributed by atoms with E-state index in [2.05, 4.69) is 15.2 Å². The number of hydrogen-bond donors (Lipinski definition) is 3. The van der Waals surface area contributed by atoms with E-state index in [4.69, 9.17) is 19.5 Å². The predicted molar refractivity (Wildman–Crippen MR) is 171 cm³/mol. The van der Waals surface area contributed by atoms with Gasteiger partial charge in [0.2, 0.25) is 5.89 Å². The Kier molecular flexibility index (Phi) is 11.1. The van der Waals surface area contributed by atoms with E-state index in [-0.39, 0.29) is 17.9 Å². The van der Waals surface area contributed by atoms with Crippen molar-refractivity contribution in [3.05, 3.63) is 36.4 Å². The number of carbonyl (C=O) groups is 2. The van der Waals surface area contributed by atoms with Gasteiger partial charge in [-0.05, 0) is 50.9 Å². The standard InChI is InChI=1S/C33H46N6O5/c1-6-23(40)10-8-7-9-11-26(37-31(41)25(34)20-33(42)14-16-39(4)17-15-33)32-35-21-29(44-32)24-18-22-12-13-30(38(2)3)36-27(22)19-28(24)43-5/h12-13,18-19,21,26,34,42H,6-11,14-17,20H2,1-5H3,(H,37,41)/t26-/m0/s1. The number of anilines is 1. The van der Waals surface area contributed by atoms with Crippen LogP contribution in [0.15, 0.2) is 34.9 Å². The first-order valence-corrected chi connectivity index (χ1v) is 15.4. The Morgan fingerprint density at radius 1 is 1.20 bits per heavy atom. The highest BCUT2D eigenvalue weighted by atomic mass is 16.5. The maximum Gasteiger partial charge on any atom is 0.265 e. The minimum atomic E-state index is -1.06. The average molecular weight is 607 g/mol. The number of benzene rings is 1. The molecule has 1 aliphatic rings. The van der Waals surface area contributed by atoms with E-state index in [9.17, 15) is 14.7 Å². The number of rotatable bonds is 15. The van der Waals surface area contributed by atoms with Gasteiger partial charge in [0.25, 0.3) is 5.91 Å². The number of amides is 1. The van der Waals surface area contributed by atoms with E-state index in [0.29, 0.717) is 55.1 Å². The number of fused-ring (bicyclic) bond motifs is 1. The molecule has 0 unspecified atom stereocenters. The molecule has 44 heavy (non-hydrogen) atoms. The summed E-state index contributed by atoms with van der Waals surface area (Å²) in [4.78, 5) is 38.3. The minimum absolute atomic E-state index is 0.00673. The molecule has 11 nitrogen and oxygen atoms in total. The molecule has 1 saturated heterocycles. The Labute approximate surface area is 259 Å². The van der Waals surface area contributed by atoms with Crippen molar-refractivity contribution in [2.45, 2.75) is 76.4 Å². The summed E-state index contributed by atoms with van der Waals surface area (Å²) in [6.45, 7) is 3.31. The number of piperidine rings is 1. The number of aromatic nitrogens is 2. The van der Waals surface area contributed by atoms with Crippen LogP contribution in [0.2, 0.25) is 0 Å². The lowest BCUT2D eigenvalue weighted by Crippen LogP contribution is -2.46. The molecule has 11 heteroatoms. The second-order valence-corrected chi connectivity index (χ2v) is 12.1. The van der Waals surface area contributed by atoms with Crippen LogP contribution in [0.4, 0.5) is 5.82 Å². The molecule has 0 spiro atoms. The number of ether oxygens (including phenoxy) is 1. The largest absolute Gasteiger partial charge is 0.496 e. The van der Waals surface area contributed by atoms with Crippen molar-refractivity contribution in [2.24, 2.45) is 0 Å². The first kappa shape index (κ1) is 33.1. The van der Waals surface area contributed by atoms with Crippen LogP contribution in [-0.4, -0.2) is 84.3 Å². The number of likely N-dealkylation sites (tertiary alicyclic amines) is 1. The number of nitrogens with zero attached hydrogens (tertiary/aromatic N) is 4. The van der Waals surface area contributed by atoms with E-state index < -0.39 is 17.6 Å². The lowest BCUT2D eigenvalue weighted by Gasteiger charge is -2.36. The van der Waals surface area contributed by atoms with Gasteiger partial charge in [-0.3, -0.25) is 15.0 Å². The van der Waals surface area contributed by atoms with Gasteiger partial charge in [-0.25, -0.2) is 9.97 Å². The molecule has 2 aromatic heterocycles. The SMILES string of the molecule is CCC(=O)CCCCC[C@H](NC(=O)C(=N)CC1(O)CCN(C)CC1)c1ncc(-c2cc3ccc(N(C)C)nc3cc2OC)o1. The van der Waals surface area contributed by atoms with Crippen LogP contribution in [-0.2, 0) is 9.59 Å². The van der Waals surface area contributed by atoms with E-state index in [0.717, 1.165) is 49.1 Å². The van der Waals surface area contributed by atoms with Gasteiger partial charge in [0, 0.05) is 57.9 Å². The number of oxazole rings is 1. The summed E-state index contributed by atoms with van der Waals surface area (Å²) in [6.07, 6.45) is 6.58. The summed E-state index contributed by atoms with van der Waals surface area (Å²) in [7, 11) is 7.46. The number of unbranched alkanes of at least 4 members (excludes halogenated alkanes) is 2. The molecule has 1 fully saturated rings. The monoisotopic (exact) mass is 606 g/mol. The fraction of sp³-hybridized carbons (Fsp3) is 0.545. The highest BCUT2D eigenvalue weighted by Gasteiger charge is 2.34. The topological polar surface area (TPSA) is 145 Å². The Hall–Kier alpha value is -3.83. The fourth-order valence-corrected chi connectivity index (χ4v) is 5.47. The zero-order chi connectivity index (χ0) is 31.9.